The van der Waals surface area contributed by atoms with Crippen molar-refractivity contribution in [3.05, 3.63) is 83.4 Å². The molecule has 22 heavy (non-hydrogen) atoms. The molecule has 2 aliphatic rings. The molecule has 0 saturated heterocycles. The van der Waals surface area contributed by atoms with Crippen molar-refractivity contribution in [3.8, 4) is 0 Å². The van der Waals surface area contributed by atoms with Crippen LogP contribution in [0.5, 0.6) is 0 Å². The summed E-state index contributed by atoms with van der Waals surface area (Å²) in [6.45, 7) is 0. The Morgan fingerprint density at radius 3 is 2.05 bits per heavy atom. The smallest absolute Gasteiger partial charge is 0.254 e. The van der Waals surface area contributed by atoms with Gasteiger partial charge in [-0.15, -0.1) is 0 Å². The van der Waals surface area contributed by atoms with Gasteiger partial charge in [0.2, 0.25) is 0 Å². The molecule has 0 spiro atoms. The number of benzene rings is 2. The molecule has 0 aromatic heterocycles. The monoisotopic (exact) mass is 289 g/mol. The Morgan fingerprint density at radius 1 is 0.773 bits per heavy atom. The van der Waals surface area contributed by atoms with Crippen LogP contribution in [0.15, 0.2) is 66.7 Å². The number of carbonyl (C=O) groups is 2. The maximum absolute atomic E-state index is 12.0. The number of fused-ring (bicyclic) bond motifs is 1. The SMILES string of the molecule is O=C1C=CC(=O)N1[C@H]1C[C@@H](c2ccccc2)c2ccccc21. The van der Waals surface area contributed by atoms with Crippen molar-refractivity contribution in [2.24, 2.45) is 0 Å². The Balaban J connectivity index is 1.78. The van der Waals surface area contributed by atoms with E-state index in [9.17, 15) is 9.59 Å². The van der Waals surface area contributed by atoms with Crippen LogP contribution in [-0.4, -0.2) is 16.7 Å². The van der Waals surface area contributed by atoms with E-state index in [2.05, 4.69) is 18.2 Å². The highest BCUT2D eigenvalue weighted by Crippen LogP contribution is 2.47. The lowest BCUT2D eigenvalue weighted by Crippen LogP contribution is -2.33. The number of imide groups is 1. The third-order valence-corrected chi connectivity index (χ3v) is 4.55. The summed E-state index contributed by atoms with van der Waals surface area (Å²) >= 11 is 0. The zero-order valence-corrected chi connectivity index (χ0v) is 12.0. The van der Waals surface area contributed by atoms with Crippen LogP contribution in [0.1, 0.15) is 35.1 Å². The second-order valence-electron chi connectivity index (χ2n) is 5.72. The van der Waals surface area contributed by atoms with Gasteiger partial charge >= 0.3 is 0 Å². The summed E-state index contributed by atoms with van der Waals surface area (Å²) in [6, 6.07) is 18.2. The van der Waals surface area contributed by atoms with E-state index in [0.717, 1.165) is 12.0 Å². The molecule has 0 unspecified atom stereocenters. The highest BCUT2D eigenvalue weighted by molar-refractivity contribution is 6.13. The Bertz CT molecular complexity index is 761. The number of rotatable bonds is 2. The number of amides is 2. The van der Waals surface area contributed by atoms with Crippen LogP contribution in [0.3, 0.4) is 0 Å². The van der Waals surface area contributed by atoms with E-state index in [1.165, 1.54) is 28.2 Å². The first-order chi connectivity index (χ1) is 10.8. The fourth-order valence-corrected chi connectivity index (χ4v) is 3.57. The molecule has 1 aliphatic carbocycles. The van der Waals surface area contributed by atoms with Crippen LogP contribution < -0.4 is 0 Å². The van der Waals surface area contributed by atoms with Gasteiger partial charge in [-0.3, -0.25) is 14.5 Å². The minimum absolute atomic E-state index is 0.170. The molecule has 0 radical (unpaired) electrons. The summed E-state index contributed by atoms with van der Waals surface area (Å²) in [6.07, 6.45) is 3.48. The van der Waals surface area contributed by atoms with E-state index in [4.69, 9.17) is 0 Å². The number of hydrogen-bond donors (Lipinski definition) is 0. The van der Waals surface area contributed by atoms with E-state index < -0.39 is 0 Å². The minimum atomic E-state index is -0.210. The summed E-state index contributed by atoms with van der Waals surface area (Å²) in [4.78, 5) is 25.5. The van der Waals surface area contributed by atoms with E-state index >= 15 is 0 Å². The van der Waals surface area contributed by atoms with Crippen LogP contribution in [-0.2, 0) is 9.59 Å². The van der Waals surface area contributed by atoms with E-state index in [0.29, 0.717) is 0 Å². The van der Waals surface area contributed by atoms with Crippen LogP contribution in [0.2, 0.25) is 0 Å². The van der Waals surface area contributed by atoms with Crippen molar-refractivity contribution in [3.63, 3.8) is 0 Å². The van der Waals surface area contributed by atoms with Gasteiger partial charge in [0, 0.05) is 18.1 Å². The Morgan fingerprint density at radius 2 is 1.36 bits per heavy atom. The molecule has 3 heteroatoms. The van der Waals surface area contributed by atoms with Gasteiger partial charge in [0.25, 0.3) is 11.8 Å². The molecule has 0 N–H and O–H groups in total. The zero-order chi connectivity index (χ0) is 15.1. The molecule has 2 amide bonds. The lowest BCUT2D eigenvalue weighted by atomic mass is 9.93. The molecular formula is C19H15NO2. The van der Waals surface area contributed by atoms with Crippen LogP contribution in [0, 0.1) is 0 Å². The molecule has 108 valence electrons. The highest BCUT2D eigenvalue weighted by atomic mass is 16.2. The molecule has 2 aromatic carbocycles. The third kappa shape index (κ3) is 1.90. The molecule has 2 atom stereocenters. The second kappa shape index (κ2) is 4.95. The first-order valence-electron chi connectivity index (χ1n) is 7.44. The fourth-order valence-electron chi connectivity index (χ4n) is 3.57. The first-order valence-corrected chi connectivity index (χ1v) is 7.44. The Kier molecular flexibility index (Phi) is 2.93. The molecular weight excluding hydrogens is 274 g/mol. The minimum Gasteiger partial charge on any atom is -0.269 e. The van der Waals surface area contributed by atoms with Crippen LogP contribution in [0.4, 0.5) is 0 Å². The average Bonchev–Trinajstić information content (AvgIpc) is 3.09. The van der Waals surface area contributed by atoms with Crippen molar-refractivity contribution in [1.29, 1.82) is 0 Å². The van der Waals surface area contributed by atoms with Crippen LogP contribution >= 0.6 is 0 Å². The molecule has 0 saturated carbocycles. The quantitative estimate of drug-likeness (QED) is 0.796. The van der Waals surface area contributed by atoms with Gasteiger partial charge < -0.3 is 0 Å². The van der Waals surface area contributed by atoms with Crippen molar-refractivity contribution >= 4 is 11.8 Å². The van der Waals surface area contributed by atoms with E-state index in [1.54, 1.807) is 0 Å². The zero-order valence-electron chi connectivity index (χ0n) is 12.0. The summed E-state index contributed by atoms with van der Waals surface area (Å²) in [5.41, 5.74) is 3.53. The third-order valence-electron chi connectivity index (χ3n) is 4.55. The molecule has 3 nitrogen and oxygen atoms in total. The predicted molar refractivity (Wildman–Crippen MR) is 83.1 cm³/mol. The lowest BCUT2D eigenvalue weighted by molar-refractivity contribution is -0.139. The molecule has 1 heterocycles. The maximum Gasteiger partial charge on any atom is 0.254 e. The number of nitrogens with zero attached hydrogens (tertiary/aromatic N) is 1. The average molecular weight is 289 g/mol. The van der Waals surface area contributed by atoms with Gasteiger partial charge in [-0.25, -0.2) is 0 Å². The van der Waals surface area contributed by atoms with Crippen molar-refractivity contribution < 1.29 is 9.59 Å². The second-order valence-corrected chi connectivity index (χ2v) is 5.72. The number of hydrogen-bond acceptors (Lipinski definition) is 2. The Hall–Kier alpha value is -2.68. The summed E-state index contributed by atoms with van der Waals surface area (Å²) in [7, 11) is 0. The Labute approximate surface area is 128 Å². The van der Waals surface area contributed by atoms with Gasteiger partial charge in [-0.1, -0.05) is 54.6 Å². The molecule has 1 aliphatic heterocycles. The van der Waals surface area contributed by atoms with E-state index in [-0.39, 0.29) is 23.8 Å². The van der Waals surface area contributed by atoms with Crippen molar-refractivity contribution in [1.82, 2.24) is 4.90 Å². The van der Waals surface area contributed by atoms with Crippen LogP contribution in [0.25, 0.3) is 0 Å². The molecule has 0 fully saturated rings. The predicted octanol–water partition coefficient (Wildman–Crippen LogP) is 3.19. The van der Waals surface area contributed by atoms with Crippen molar-refractivity contribution in [2.75, 3.05) is 0 Å². The topological polar surface area (TPSA) is 37.4 Å². The van der Waals surface area contributed by atoms with Gasteiger partial charge in [-0.2, -0.15) is 0 Å². The largest absolute Gasteiger partial charge is 0.269 e. The summed E-state index contributed by atoms with van der Waals surface area (Å²) in [5.74, 6) is -0.194. The summed E-state index contributed by atoms with van der Waals surface area (Å²) in [5, 5.41) is 0. The molecule has 0 bridgehead atoms. The van der Waals surface area contributed by atoms with Gasteiger partial charge in [-0.05, 0) is 23.1 Å². The fraction of sp³-hybridized carbons (Fsp3) is 0.158. The van der Waals surface area contributed by atoms with Gasteiger partial charge in [0.05, 0.1) is 6.04 Å². The molecule has 2 aromatic rings. The normalized spacial score (nSPS) is 23.2. The number of carbonyl (C=O) groups excluding carboxylic acids is 2. The lowest BCUT2D eigenvalue weighted by Gasteiger charge is -2.23. The molecule has 4 rings (SSSR count). The summed E-state index contributed by atoms with van der Waals surface area (Å²) < 4.78 is 0. The highest BCUT2D eigenvalue weighted by Gasteiger charge is 2.40. The van der Waals surface area contributed by atoms with Crippen molar-refractivity contribution in [2.45, 2.75) is 18.4 Å². The van der Waals surface area contributed by atoms with E-state index in [1.807, 2.05) is 36.4 Å². The van der Waals surface area contributed by atoms with Gasteiger partial charge in [0.1, 0.15) is 0 Å². The first kappa shape index (κ1) is 13.0. The van der Waals surface area contributed by atoms with Gasteiger partial charge in [0.15, 0.2) is 0 Å². The maximum atomic E-state index is 12.0. The standard InChI is InChI=1S/C19H15NO2/c21-18-10-11-19(22)20(18)17-12-16(13-6-2-1-3-7-13)14-8-4-5-9-15(14)17/h1-11,16-17H,12H2/t16-,17-/m0/s1.